The van der Waals surface area contributed by atoms with E-state index in [1.807, 2.05) is 0 Å². The van der Waals surface area contributed by atoms with Crippen molar-refractivity contribution in [3.05, 3.63) is 33.8 Å². The van der Waals surface area contributed by atoms with Crippen LogP contribution in [0, 0.1) is 6.92 Å². The molecule has 0 saturated heterocycles. The molecular formula is C13H17Br. The van der Waals surface area contributed by atoms with Crippen LogP contribution in [0.5, 0.6) is 0 Å². The monoisotopic (exact) mass is 252 g/mol. The van der Waals surface area contributed by atoms with Gasteiger partial charge in [-0.15, -0.1) is 0 Å². The van der Waals surface area contributed by atoms with E-state index in [9.17, 15) is 0 Å². The molecule has 76 valence electrons. The number of hydrogen-bond acceptors (Lipinski definition) is 0. The minimum atomic E-state index is 0.830. The number of benzene rings is 1. The highest BCUT2D eigenvalue weighted by Gasteiger charge is 2.16. The lowest BCUT2D eigenvalue weighted by molar-refractivity contribution is 0.442. The lowest BCUT2D eigenvalue weighted by Gasteiger charge is -2.23. The zero-order chi connectivity index (χ0) is 9.97. The van der Waals surface area contributed by atoms with E-state index >= 15 is 0 Å². The van der Waals surface area contributed by atoms with E-state index in [0.29, 0.717) is 0 Å². The van der Waals surface area contributed by atoms with Gasteiger partial charge < -0.3 is 0 Å². The fourth-order valence-electron chi connectivity index (χ4n) is 2.51. The summed E-state index contributed by atoms with van der Waals surface area (Å²) in [4.78, 5) is 0. The molecule has 0 bridgehead atoms. The number of hydrogen-bond donors (Lipinski definition) is 0. The standard InChI is InChI=1S/C13H17Br/c1-10-9-12(14)7-8-13(10)11-5-3-2-4-6-11/h7-9,11H,2-6H2,1H3. The lowest BCUT2D eigenvalue weighted by Crippen LogP contribution is -2.05. The normalized spacial score (nSPS) is 18.4. The van der Waals surface area contributed by atoms with Gasteiger partial charge in [0, 0.05) is 4.47 Å². The maximum Gasteiger partial charge on any atom is 0.0178 e. The molecule has 1 aliphatic rings. The van der Waals surface area contributed by atoms with Crippen molar-refractivity contribution in [3.63, 3.8) is 0 Å². The number of halogens is 1. The quantitative estimate of drug-likeness (QED) is 0.674. The van der Waals surface area contributed by atoms with Crippen LogP contribution < -0.4 is 0 Å². The minimum Gasteiger partial charge on any atom is -0.0574 e. The predicted octanol–water partition coefficient (Wildman–Crippen LogP) is 4.81. The molecular weight excluding hydrogens is 236 g/mol. The summed E-state index contributed by atoms with van der Waals surface area (Å²) in [7, 11) is 0. The van der Waals surface area contributed by atoms with Gasteiger partial charge in [0.15, 0.2) is 0 Å². The average molecular weight is 253 g/mol. The minimum absolute atomic E-state index is 0.830. The molecule has 0 amide bonds. The maximum atomic E-state index is 3.52. The third-order valence-corrected chi connectivity index (χ3v) is 3.77. The molecule has 1 saturated carbocycles. The van der Waals surface area contributed by atoms with Crippen LogP contribution in [0.25, 0.3) is 0 Å². The Balaban J connectivity index is 2.22. The second-order valence-corrected chi connectivity index (χ2v) is 5.25. The Morgan fingerprint density at radius 1 is 1.14 bits per heavy atom. The summed E-state index contributed by atoms with van der Waals surface area (Å²) in [6.45, 7) is 2.23. The van der Waals surface area contributed by atoms with Gasteiger partial charge in [-0.05, 0) is 48.9 Å². The van der Waals surface area contributed by atoms with Gasteiger partial charge in [-0.25, -0.2) is 0 Å². The van der Waals surface area contributed by atoms with Crippen LogP contribution in [-0.2, 0) is 0 Å². The Hall–Kier alpha value is -0.300. The van der Waals surface area contributed by atoms with Crippen molar-refractivity contribution in [1.29, 1.82) is 0 Å². The first kappa shape index (κ1) is 10.2. The summed E-state index contributed by atoms with van der Waals surface area (Å²) >= 11 is 3.52. The third kappa shape index (κ3) is 2.20. The van der Waals surface area contributed by atoms with Gasteiger partial charge >= 0.3 is 0 Å². The fraction of sp³-hybridized carbons (Fsp3) is 0.538. The molecule has 1 fully saturated rings. The van der Waals surface area contributed by atoms with E-state index in [2.05, 4.69) is 41.1 Å². The molecule has 2 rings (SSSR count). The molecule has 1 aliphatic carbocycles. The Morgan fingerprint density at radius 2 is 1.86 bits per heavy atom. The first-order valence-electron chi connectivity index (χ1n) is 5.53. The van der Waals surface area contributed by atoms with E-state index in [4.69, 9.17) is 0 Å². The molecule has 0 unspecified atom stereocenters. The second kappa shape index (κ2) is 4.48. The van der Waals surface area contributed by atoms with Gasteiger partial charge in [0.25, 0.3) is 0 Å². The van der Waals surface area contributed by atoms with E-state index in [1.54, 1.807) is 5.56 Å². The van der Waals surface area contributed by atoms with E-state index < -0.39 is 0 Å². The summed E-state index contributed by atoms with van der Waals surface area (Å²) in [5.41, 5.74) is 3.03. The highest BCUT2D eigenvalue weighted by Crippen LogP contribution is 2.34. The molecule has 0 atom stereocenters. The van der Waals surface area contributed by atoms with Crippen LogP contribution in [-0.4, -0.2) is 0 Å². The summed E-state index contributed by atoms with van der Waals surface area (Å²) in [5, 5.41) is 0. The zero-order valence-electron chi connectivity index (χ0n) is 8.72. The molecule has 0 spiro atoms. The van der Waals surface area contributed by atoms with Crippen LogP contribution in [0.15, 0.2) is 22.7 Å². The molecule has 1 heteroatoms. The molecule has 0 nitrogen and oxygen atoms in total. The predicted molar refractivity (Wildman–Crippen MR) is 64.7 cm³/mol. The Labute approximate surface area is 94.8 Å². The molecule has 0 radical (unpaired) electrons. The smallest absolute Gasteiger partial charge is 0.0178 e. The highest BCUT2D eigenvalue weighted by molar-refractivity contribution is 9.10. The van der Waals surface area contributed by atoms with Gasteiger partial charge in [0.05, 0.1) is 0 Å². The Bertz CT molecular complexity index is 311. The second-order valence-electron chi connectivity index (χ2n) is 4.34. The van der Waals surface area contributed by atoms with E-state index in [1.165, 1.54) is 42.1 Å². The largest absolute Gasteiger partial charge is 0.0574 e. The number of aryl methyl sites for hydroxylation is 1. The number of rotatable bonds is 1. The molecule has 0 heterocycles. The van der Waals surface area contributed by atoms with Crippen molar-refractivity contribution in [1.82, 2.24) is 0 Å². The fourth-order valence-corrected chi connectivity index (χ4v) is 2.99. The summed E-state index contributed by atoms with van der Waals surface area (Å²) < 4.78 is 1.20. The van der Waals surface area contributed by atoms with Crippen LogP contribution in [0.4, 0.5) is 0 Å². The summed E-state index contributed by atoms with van der Waals surface area (Å²) in [6, 6.07) is 6.72. The molecule has 0 N–H and O–H groups in total. The SMILES string of the molecule is Cc1cc(Br)ccc1C1CCCCC1. The zero-order valence-corrected chi connectivity index (χ0v) is 10.3. The Morgan fingerprint density at radius 3 is 2.50 bits per heavy atom. The van der Waals surface area contributed by atoms with Crippen molar-refractivity contribution >= 4 is 15.9 Å². The van der Waals surface area contributed by atoms with Crippen LogP contribution in [0.3, 0.4) is 0 Å². The molecule has 1 aromatic carbocycles. The summed E-state index contributed by atoms with van der Waals surface area (Å²) in [5.74, 6) is 0.830. The highest BCUT2D eigenvalue weighted by atomic mass is 79.9. The van der Waals surface area contributed by atoms with Gasteiger partial charge in [0.1, 0.15) is 0 Å². The lowest BCUT2D eigenvalue weighted by atomic mass is 9.82. The van der Waals surface area contributed by atoms with Crippen LogP contribution >= 0.6 is 15.9 Å². The van der Waals surface area contributed by atoms with Crippen molar-refractivity contribution < 1.29 is 0 Å². The molecule has 1 aromatic rings. The first-order valence-corrected chi connectivity index (χ1v) is 6.33. The topological polar surface area (TPSA) is 0 Å². The van der Waals surface area contributed by atoms with Crippen molar-refractivity contribution in [3.8, 4) is 0 Å². The van der Waals surface area contributed by atoms with E-state index in [0.717, 1.165) is 5.92 Å². The molecule has 0 aliphatic heterocycles. The molecule has 14 heavy (non-hydrogen) atoms. The first-order chi connectivity index (χ1) is 6.77. The molecule has 0 aromatic heterocycles. The van der Waals surface area contributed by atoms with Gasteiger partial charge in [-0.2, -0.15) is 0 Å². The average Bonchev–Trinajstić information content (AvgIpc) is 2.19. The van der Waals surface area contributed by atoms with Crippen molar-refractivity contribution in [2.24, 2.45) is 0 Å². The van der Waals surface area contributed by atoms with Crippen LogP contribution in [0.1, 0.15) is 49.1 Å². The van der Waals surface area contributed by atoms with Crippen LogP contribution in [0.2, 0.25) is 0 Å². The van der Waals surface area contributed by atoms with Gasteiger partial charge in [-0.1, -0.05) is 41.3 Å². The van der Waals surface area contributed by atoms with Gasteiger partial charge in [-0.3, -0.25) is 0 Å². The summed E-state index contributed by atoms with van der Waals surface area (Å²) in [6.07, 6.45) is 7.05. The van der Waals surface area contributed by atoms with E-state index in [-0.39, 0.29) is 0 Å². The van der Waals surface area contributed by atoms with Crippen molar-refractivity contribution in [2.45, 2.75) is 44.9 Å². The third-order valence-electron chi connectivity index (χ3n) is 3.28. The van der Waals surface area contributed by atoms with Crippen molar-refractivity contribution in [2.75, 3.05) is 0 Å². The maximum absolute atomic E-state index is 3.52. The Kier molecular flexibility index (Phi) is 3.27. The van der Waals surface area contributed by atoms with Gasteiger partial charge in [0.2, 0.25) is 0 Å².